The van der Waals surface area contributed by atoms with Gasteiger partial charge in [0.1, 0.15) is 5.75 Å². The van der Waals surface area contributed by atoms with Crippen LogP contribution in [0.2, 0.25) is 10.0 Å². The number of anilines is 1. The van der Waals surface area contributed by atoms with Crippen molar-refractivity contribution in [2.45, 2.75) is 20.8 Å². The van der Waals surface area contributed by atoms with Crippen molar-refractivity contribution in [1.29, 1.82) is 0 Å². The van der Waals surface area contributed by atoms with Crippen LogP contribution in [0.25, 0.3) is 0 Å². The van der Waals surface area contributed by atoms with E-state index in [9.17, 15) is 4.79 Å². The molecule has 0 aliphatic carbocycles. The van der Waals surface area contributed by atoms with Crippen LogP contribution < -0.4 is 10.1 Å². The Morgan fingerprint density at radius 3 is 2.27 bits per heavy atom. The number of nitrogens with one attached hydrogen (secondary N) is 1. The van der Waals surface area contributed by atoms with Crippen molar-refractivity contribution in [3.63, 3.8) is 0 Å². The molecule has 0 saturated carbocycles. The first-order chi connectivity index (χ1) is 10.4. The van der Waals surface area contributed by atoms with E-state index >= 15 is 0 Å². The molecular weight excluding hydrogens is 321 g/mol. The lowest BCUT2D eigenvalue weighted by molar-refractivity contribution is -0.118. The predicted octanol–water partition coefficient (Wildman–Crippen LogP) is 4.94. The Morgan fingerprint density at radius 1 is 1.05 bits per heavy atom. The molecule has 0 radical (unpaired) electrons. The highest BCUT2D eigenvalue weighted by Gasteiger charge is 2.09. The fourth-order valence-corrected chi connectivity index (χ4v) is 2.56. The molecule has 2 rings (SSSR count). The summed E-state index contributed by atoms with van der Waals surface area (Å²) in [6, 6.07) is 8.94. The van der Waals surface area contributed by atoms with Crippen molar-refractivity contribution in [3.8, 4) is 5.75 Å². The molecule has 3 nitrogen and oxygen atoms in total. The Labute approximate surface area is 140 Å². The van der Waals surface area contributed by atoms with E-state index in [0.29, 0.717) is 15.8 Å². The molecule has 0 fully saturated rings. The normalized spacial score (nSPS) is 10.4. The van der Waals surface area contributed by atoms with E-state index in [-0.39, 0.29) is 12.5 Å². The van der Waals surface area contributed by atoms with Crippen LogP contribution in [0, 0.1) is 20.8 Å². The summed E-state index contributed by atoms with van der Waals surface area (Å²) in [5.41, 5.74) is 4.05. The average molecular weight is 338 g/mol. The number of hydrogen-bond donors (Lipinski definition) is 1. The van der Waals surface area contributed by atoms with Gasteiger partial charge in [0.2, 0.25) is 0 Å². The first kappa shape index (κ1) is 16.7. The van der Waals surface area contributed by atoms with E-state index in [2.05, 4.69) is 5.32 Å². The molecule has 0 heterocycles. The summed E-state index contributed by atoms with van der Waals surface area (Å²) in [5.74, 6) is 0.281. The highest BCUT2D eigenvalue weighted by Crippen LogP contribution is 2.26. The van der Waals surface area contributed by atoms with Gasteiger partial charge in [0.05, 0.1) is 10.0 Å². The number of aryl methyl sites for hydroxylation is 3. The van der Waals surface area contributed by atoms with Gasteiger partial charge in [0.25, 0.3) is 5.91 Å². The third-order valence-electron chi connectivity index (χ3n) is 3.20. The minimum Gasteiger partial charge on any atom is -0.484 e. The zero-order chi connectivity index (χ0) is 16.3. The summed E-state index contributed by atoms with van der Waals surface area (Å²) in [6.45, 7) is 5.87. The summed E-state index contributed by atoms with van der Waals surface area (Å²) < 4.78 is 5.42. The molecule has 0 unspecified atom stereocenters. The number of ether oxygens (including phenoxy) is 1. The minimum absolute atomic E-state index is 0.0925. The summed E-state index contributed by atoms with van der Waals surface area (Å²) in [7, 11) is 0. The highest BCUT2D eigenvalue weighted by atomic mass is 35.5. The van der Waals surface area contributed by atoms with Gasteiger partial charge < -0.3 is 10.1 Å². The SMILES string of the molecule is Cc1cc(C)c(NC(=O)COc2ccc(Cl)c(Cl)c2)c(C)c1. The Bertz CT molecular complexity index is 691. The average Bonchev–Trinajstić information content (AvgIpc) is 2.44. The molecule has 5 heteroatoms. The van der Waals surface area contributed by atoms with E-state index in [1.54, 1.807) is 18.2 Å². The van der Waals surface area contributed by atoms with Crippen LogP contribution in [0.1, 0.15) is 16.7 Å². The Hall–Kier alpha value is -1.71. The largest absolute Gasteiger partial charge is 0.484 e. The van der Waals surface area contributed by atoms with Gasteiger partial charge in [-0.1, -0.05) is 40.9 Å². The lowest BCUT2D eigenvalue weighted by Crippen LogP contribution is -2.21. The van der Waals surface area contributed by atoms with Gasteiger partial charge in [-0.05, 0) is 44.0 Å². The second-order valence-electron chi connectivity index (χ2n) is 5.19. The van der Waals surface area contributed by atoms with Crippen molar-refractivity contribution in [2.24, 2.45) is 0 Å². The van der Waals surface area contributed by atoms with Crippen LogP contribution in [0.15, 0.2) is 30.3 Å². The van der Waals surface area contributed by atoms with Crippen LogP contribution in [0.3, 0.4) is 0 Å². The molecule has 1 N–H and O–H groups in total. The van der Waals surface area contributed by atoms with Gasteiger partial charge in [0.15, 0.2) is 6.61 Å². The summed E-state index contributed by atoms with van der Waals surface area (Å²) >= 11 is 11.7. The van der Waals surface area contributed by atoms with Crippen molar-refractivity contribution >= 4 is 34.8 Å². The Balaban J connectivity index is 2.00. The van der Waals surface area contributed by atoms with Crippen LogP contribution in [-0.4, -0.2) is 12.5 Å². The van der Waals surface area contributed by atoms with Gasteiger partial charge >= 0.3 is 0 Å². The van der Waals surface area contributed by atoms with E-state index < -0.39 is 0 Å². The summed E-state index contributed by atoms with van der Waals surface area (Å²) in [6.07, 6.45) is 0. The number of benzene rings is 2. The first-order valence-corrected chi connectivity index (χ1v) is 7.58. The molecule has 0 spiro atoms. The first-order valence-electron chi connectivity index (χ1n) is 6.82. The Morgan fingerprint density at radius 2 is 1.68 bits per heavy atom. The molecule has 0 bridgehead atoms. The fraction of sp³-hybridized carbons (Fsp3) is 0.235. The van der Waals surface area contributed by atoms with Gasteiger partial charge in [0, 0.05) is 11.8 Å². The van der Waals surface area contributed by atoms with Crippen LogP contribution in [-0.2, 0) is 4.79 Å². The third-order valence-corrected chi connectivity index (χ3v) is 3.94. The fourth-order valence-electron chi connectivity index (χ4n) is 2.27. The molecule has 0 saturated heterocycles. The number of halogens is 2. The molecule has 22 heavy (non-hydrogen) atoms. The van der Waals surface area contributed by atoms with E-state index in [0.717, 1.165) is 16.8 Å². The van der Waals surface area contributed by atoms with Crippen molar-refractivity contribution < 1.29 is 9.53 Å². The van der Waals surface area contributed by atoms with Crippen molar-refractivity contribution in [3.05, 3.63) is 57.1 Å². The van der Waals surface area contributed by atoms with Crippen LogP contribution >= 0.6 is 23.2 Å². The standard InChI is InChI=1S/C17H17Cl2NO2/c1-10-6-11(2)17(12(3)7-10)20-16(21)9-22-13-4-5-14(18)15(19)8-13/h4-8H,9H2,1-3H3,(H,20,21). The molecule has 116 valence electrons. The Kier molecular flexibility index (Phi) is 5.33. The van der Waals surface area contributed by atoms with E-state index in [1.807, 2.05) is 32.9 Å². The smallest absolute Gasteiger partial charge is 0.262 e. The van der Waals surface area contributed by atoms with Crippen LogP contribution in [0.5, 0.6) is 5.75 Å². The highest BCUT2D eigenvalue weighted by molar-refractivity contribution is 6.42. The monoisotopic (exact) mass is 337 g/mol. The van der Waals surface area contributed by atoms with E-state index in [4.69, 9.17) is 27.9 Å². The quantitative estimate of drug-likeness (QED) is 0.858. The number of rotatable bonds is 4. The number of hydrogen-bond acceptors (Lipinski definition) is 2. The molecule has 0 aromatic heterocycles. The van der Waals surface area contributed by atoms with Crippen LogP contribution in [0.4, 0.5) is 5.69 Å². The minimum atomic E-state index is -0.221. The zero-order valence-corrected chi connectivity index (χ0v) is 14.2. The topological polar surface area (TPSA) is 38.3 Å². The van der Waals surface area contributed by atoms with Crippen molar-refractivity contribution in [2.75, 3.05) is 11.9 Å². The third kappa shape index (κ3) is 4.15. The molecular formula is C17H17Cl2NO2. The molecule has 2 aromatic rings. The second-order valence-corrected chi connectivity index (χ2v) is 6.00. The lowest BCUT2D eigenvalue weighted by atomic mass is 10.1. The van der Waals surface area contributed by atoms with Gasteiger partial charge in [-0.15, -0.1) is 0 Å². The maximum absolute atomic E-state index is 12.0. The van der Waals surface area contributed by atoms with Crippen molar-refractivity contribution in [1.82, 2.24) is 0 Å². The van der Waals surface area contributed by atoms with Gasteiger partial charge in [-0.3, -0.25) is 4.79 Å². The number of amides is 1. The maximum Gasteiger partial charge on any atom is 0.262 e. The lowest BCUT2D eigenvalue weighted by Gasteiger charge is -2.13. The summed E-state index contributed by atoms with van der Waals surface area (Å²) in [5, 5.41) is 3.72. The number of carbonyl (C=O) groups is 1. The molecule has 0 aliphatic heterocycles. The molecule has 2 aromatic carbocycles. The second kappa shape index (κ2) is 7.03. The zero-order valence-electron chi connectivity index (χ0n) is 12.7. The maximum atomic E-state index is 12.0. The molecule has 0 atom stereocenters. The number of carbonyl (C=O) groups excluding carboxylic acids is 1. The van der Waals surface area contributed by atoms with Gasteiger partial charge in [-0.2, -0.15) is 0 Å². The van der Waals surface area contributed by atoms with E-state index in [1.165, 1.54) is 5.56 Å². The predicted molar refractivity (Wildman–Crippen MR) is 91.2 cm³/mol. The van der Waals surface area contributed by atoms with Gasteiger partial charge in [-0.25, -0.2) is 0 Å². The molecule has 0 aliphatic rings. The summed E-state index contributed by atoms with van der Waals surface area (Å²) in [4.78, 5) is 12.0. The molecule has 1 amide bonds.